The highest BCUT2D eigenvalue weighted by Crippen LogP contribution is 2.22. The van der Waals surface area contributed by atoms with Gasteiger partial charge in [0.25, 0.3) is 5.91 Å². The van der Waals surface area contributed by atoms with Crippen molar-refractivity contribution in [1.82, 2.24) is 14.5 Å². The molecule has 6 nitrogen and oxygen atoms in total. The van der Waals surface area contributed by atoms with Gasteiger partial charge in [-0.1, -0.05) is 11.8 Å². The van der Waals surface area contributed by atoms with Crippen molar-refractivity contribution >= 4 is 23.4 Å². The number of nitrogens with zero attached hydrogens (tertiary/aromatic N) is 4. The van der Waals surface area contributed by atoms with Crippen LogP contribution in [0.25, 0.3) is 5.69 Å². The Morgan fingerprint density at radius 3 is 2.40 bits per heavy atom. The molecule has 0 aliphatic carbocycles. The lowest BCUT2D eigenvalue weighted by Crippen LogP contribution is -2.35. The largest absolute Gasteiger partial charge is 0.497 e. The summed E-state index contributed by atoms with van der Waals surface area (Å²) in [6.45, 7) is 3.24. The molecule has 0 spiro atoms. The predicted octanol–water partition coefficient (Wildman–Crippen LogP) is 3.96. The number of rotatable bonds is 5. The Morgan fingerprint density at radius 2 is 1.70 bits per heavy atom. The standard InChI is InChI=1S/C23H26N4O2S/c1-29-21-10-8-19(9-11-21)25-13-3-14-26(17-16-25)22(28)18-4-6-20(7-5-18)27-15-12-24-23(27)30-2/h4-12,15H,3,13-14,16-17H2,1-2H3. The number of imidazole rings is 1. The van der Waals surface area contributed by atoms with Gasteiger partial charge in [-0.3, -0.25) is 9.36 Å². The molecule has 156 valence electrons. The first kappa shape index (κ1) is 20.3. The van der Waals surface area contributed by atoms with Crippen molar-refractivity contribution in [1.29, 1.82) is 0 Å². The van der Waals surface area contributed by atoms with Gasteiger partial charge in [-0.2, -0.15) is 0 Å². The fourth-order valence-electron chi connectivity index (χ4n) is 3.76. The molecular weight excluding hydrogens is 396 g/mol. The Morgan fingerprint density at radius 1 is 0.967 bits per heavy atom. The van der Waals surface area contributed by atoms with Crippen molar-refractivity contribution in [3.05, 3.63) is 66.5 Å². The zero-order chi connectivity index (χ0) is 20.9. The van der Waals surface area contributed by atoms with Crippen molar-refractivity contribution < 1.29 is 9.53 Å². The van der Waals surface area contributed by atoms with Crippen LogP contribution < -0.4 is 9.64 Å². The second-order valence-corrected chi connectivity index (χ2v) is 7.94. The van der Waals surface area contributed by atoms with E-state index in [2.05, 4.69) is 22.0 Å². The number of thioether (sulfide) groups is 1. The van der Waals surface area contributed by atoms with Crippen LogP contribution in [0.4, 0.5) is 5.69 Å². The van der Waals surface area contributed by atoms with Crippen LogP contribution in [0.1, 0.15) is 16.8 Å². The van der Waals surface area contributed by atoms with E-state index in [1.165, 1.54) is 5.69 Å². The molecule has 0 atom stereocenters. The van der Waals surface area contributed by atoms with Gasteiger partial charge in [0.05, 0.1) is 7.11 Å². The predicted molar refractivity (Wildman–Crippen MR) is 121 cm³/mol. The number of hydrogen-bond acceptors (Lipinski definition) is 5. The number of anilines is 1. The van der Waals surface area contributed by atoms with Crippen LogP contribution in [0.3, 0.4) is 0 Å². The number of ether oxygens (including phenoxy) is 1. The van der Waals surface area contributed by atoms with Gasteiger partial charge in [-0.15, -0.1) is 0 Å². The minimum Gasteiger partial charge on any atom is -0.497 e. The van der Waals surface area contributed by atoms with Gasteiger partial charge in [-0.25, -0.2) is 4.98 Å². The van der Waals surface area contributed by atoms with Crippen LogP contribution in [0, 0.1) is 0 Å². The maximum absolute atomic E-state index is 13.1. The van der Waals surface area contributed by atoms with Gasteiger partial charge in [0, 0.05) is 55.5 Å². The Kier molecular flexibility index (Phi) is 6.28. The molecule has 1 aliphatic rings. The Bertz CT molecular complexity index is 985. The van der Waals surface area contributed by atoms with E-state index in [1.54, 1.807) is 25.1 Å². The Labute approximate surface area is 181 Å². The van der Waals surface area contributed by atoms with E-state index in [9.17, 15) is 4.79 Å². The van der Waals surface area contributed by atoms with E-state index < -0.39 is 0 Å². The normalized spacial score (nSPS) is 14.5. The summed E-state index contributed by atoms with van der Waals surface area (Å²) in [6.07, 6.45) is 6.68. The molecule has 0 radical (unpaired) electrons. The van der Waals surface area contributed by atoms with Crippen molar-refractivity contribution in [2.24, 2.45) is 0 Å². The third-order valence-corrected chi connectivity index (χ3v) is 6.07. The number of hydrogen-bond donors (Lipinski definition) is 0. The minimum atomic E-state index is 0.0915. The first-order valence-electron chi connectivity index (χ1n) is 10.1. The van der Waals surface area contributed by atoms with Crippen LogP contribution in [-0.2, 0) is 0 Å². The minimum absolute atomic E-state index is 0.0915. The van der Waals surface area contributed by atoms with E-state index in [0.717, 1.165) is 48.2 Å². The molecule has 0 N–H and O–H groups in total. The molecule has 3 aromatic rings. The van der Waals surface area contributed by atoms with Gasteiger partial charge in [0.1, 0.15) is 5.75 Å². The number of carbonyl (C=O) groups is 1. The molecule has 30 heavy (non-hydrogen) atoms. The number of methoxy groups -OCH3 is 1. The highest BCUT2D eigenvalue weighted by molar-refractivity contribution is 7.98. The molecule has 1 amide bonds. The molecule has 0 saturated carbocycles. The number of amides is 1. The molecule has 7 heteroatoms. The maximum Gasteiger partial charge on any atom is 0.253 e. The topological polar surface area (TPSA) is 50.6 Å². The number of benzene rings is 2. The molecule has 1 saturated heterocycles. The SMILES string of the molecule is COc1ccc(N2CCCN(C(=O)c3ccc(-n4ccnc4SC)cc3)CC2)cc1. The lowest BCUT2D eigenvalue weighted by Gasteiger charge is -2.24. The average Bonchev–Trinajstić information content (AvgIpc) is 3.15. The summed E-state index contributed by atoms with van der Waals surface area (Å²) in [6, 6.07) is 15.9. The van der Waals surface area contributed by atoms with Crippen LogP contribution in [0.15, 0.2) is 66.1 Å². The molecular formula is C23H26N4O2S. The van der Waals surface area contributed by atoms with Gasteiger partial charge >= 0.3 is 0 Å². The highest BCUT2D eigenvalue weighted by Gasteiger charge is 2.20. The summed E-state index contributed by atoms with van der Waals surface area (Å²) < 4.78 is 7.27. The van der Waals surface area contributed by atoms with Gasteiger partial charge in [0.2, 0.25) is 0 Å². The second kappa shape index (κ2) is 9.26. The van der Waals surface area contributed by atoms with Crippen LogP contribution in [0.5, 0.6) is 5.75 Å². The van der Waals surface area contributed by atoms with Crippen LogP contribution in [-0.4, -0.2) is 59.9 Å². The summed E-state index contributed by atoms with van der Waals surface area (Å²) in [7, 11) is 1.67. The number of aromatic nitrogens is 2. The van der Waals surface area contributed by atoms with E-state index in [1.807, 2.05) is 58.3 Å². The van der Waals surface area contributed by atoms with E-state index >= 15 is 0 Å². The average molecular weight is 423 g/mol. The first-order chi connectivity index (χ1) is 14.7. The summed E-state index contributed by atoms with van der Waals surface area (Å²) in [5, 5.41) is 0.931. The van der Waals surface area contributed by atoms with E-state index in [0.29, 0.717) is 6.54 Å². The fourth-order valence-corrected chi connectivity index (χ4v) is 4.29. The quantitative estimate of drug-likeness (QED) is 0.583. The molecule has 0 bridgehead atoms. The second-order valence-electron chi connectivity index (χ2n) is 7.16. The zero-order valence-corrected chi connectivity index (χ0v) is 18.1. The van der Waals surface area contributed by atoms with E-state index in [-0.39, 0.29) is 5.91 Å². The van der Waals surface area contributed by atoms with E-state index in [4.69, 9.17) is 4.74 Å². The van der Waals surface area contributed by atoms with Crippen molar-refractivity contribution in [2.45, 2.75) is 11.6 Å². The lowest BCUT2D eigenvalue weighted by molar-refractivity contribution is 0.0767. The third-order valence-electron chi connectivity index (χ3n) is 5.40. The summed E-state index contributed by atoms with van der Waals surface area (Å²) in [5.41, 5.74) is 2.90. The maximum atomic E-state index is 13.1. The lowest BCUT2D eigenvalue weighted by atomic mass is 10.1. The highest BCUT2D eigenvalue weighted by atomic mass is 32.2. The molecule has 0 unspecified atom stereocenters. The van der Waals surface area contributed by atoms with Gasteiger partial charge in [-0.05, 0) is 61.2 Å². The molecule has 2 aromatic carbocycles. The number of carbonyl (C=O) groups excluding carboxylic acids is 1. The van der Waals surface area contributed by atoms with Crippen LogP contribution >= 0.6 is 11.8 Å². The van der Waals surface area contributed by atoms with Gasteiger partial charge in [0.15, 0.2) is 5.16 Å². The zero-order valence-electron chi connectivity index (χ0n) is 17.3. The Balaban J connectivity index is 1.42. The van der Waals surface area contributed by atoms with Gasteiger partial charge < -0.3 is 14.5 Å². The first-order valence-corrected chi connectivity index (χ1v) is 11.3. The summed E-state index contributed by atoms with van der Waals surface area (Å²) in [4.78, 5) is 21.7. The monoisotopic (exact) mass is 422 g/mol. The third kappa shape index (κ3) is 4.31. The van der Waals surface area contributed by atoms with Crippen molar-refractivity contribution in [3.8, 4) is 11.4 Å². The molecule has 1 aliphatic heterocycles. The van der Waals surface area contributed by atoms with Crippen molar-refractivity contribution in [2.75, 3.05) is 44.4 Å². The fraction of sp³-hybridized carbons (Fsp3) is 0.304. The van der Waals surface area contributed by atoms with Crippen molar-refractivity contribution in [3.63, 3.8) is 0 Å². The molecule has 2 heterocycles. The summed E-state index contributed by atoms with van der Waals surface area (Å²) >= 11 is 1.60. The summed E-state index contributed by atoms with van der Waals surface area (Å²) in [5.74, 6) is 0.947. The smallest absolute Gasteiger partial charge is 0.253 e. The Hall–Kier alpha value is -2.93. The van der Waals surface area contributed by atoms with Crippen LogP contribution in [0.2, 0.25) is 0 Å². The molecule has 4 rings (SSSR count). The molecule has 1 aromatic heterocycles. The molecule has 1 fully saturated rings.